The quantitative estimate of drug-likeness (QED) is 0.784. The van der Waals surface area contributed by atoms with Gasteiger partial charge in [-0.05, 0) is 39.0 Å². The molecule has 0 aliphatic carbocycles. The molecule has 5 nitrogen and oxygen atoms in total. The molecule has 0 saturated heterocycles. The summed E-state index contributed by atoms with van der Waals surface area (Å²) in [5.41, 5.74) is 4.05. The van der Waals surface area contributed by atoms with Crippen LogP contribution < -0.4 is 10.1 Å². The Morgan fingerprint density at radius 1 is 1.40 bits per heavy atom. The van der Waals surface area contributed by atoms with Crippen molar-refractivity contribution >= 4 is 0 Å². The van der Waals surface area contributed by atoms with Gasteiger partial charge in [-0.1, -0.05) is 0 Å². The number of methoxy groups -OCH3 is 1. The van der Waals surface area contributed by atoms with Gasteiger partial charge in [-0.15, -0.1) is 0 Å². The Balaban J connectivity index is 2.10. The van der Waals surface area contributed by atoms with Crippen molar-refractivity contribution in [3.63, 3.8) is 0 Å². The number of phenolic OH excluding ortho intramolecular Hbond substituents is 1. The van der Waals surface area contributed by atoms with Crippen molar-refractivity contribution in [2.75, 3.05) is 7.11 Å². The molecule has 5 heteroatoms. The summed E-state index contributed by atoms with van der Waals surface area (Å²) in [6, 6.07) is 5.26. The minimum Gasteiger partial charge on any atom is -0.508 e. The fourth-order valence-electron chi connectivity index (χ4n) is 2.21. The van der Waals surface area contributed by atoms with E-state index in [2.05, 4.69) is 15.5 Å². The number of hydrogen-bond donors (Lipinski definition) is 3. The van der Waals surface area contributed by atoms with E-state index in [0.717, 1.165) is 22.7 Å². The molecule has 3 N–H and O–H groups in total. The average molecular weight is 275 g/mol. The van der Waals surface area contributed by atoms with E-state index in [9.17, 15) is 5.11 Å². The number of rotatable bonds is 5. The summed E-state index contributed by atoms with van der Waals surface area (Å²) in [6.07, 6.45) is 0. The summed E-state index contributed by atoms with van der Waals surface area (Å²) in [4.78, 5) is 0. The number of benzene rings is 1. The van der Waals surface area contributed by atoms with Crippen LogP contribution in [0.3, 0.4) is 0 Å². The second-order valence-electron chi connectivity index (χ2n) is 4.94. The molecule has 0 spiro atoms. The van der Waals surface area contributed by atoms with Crippen LogP contribution in [-0.4, -0.2) is 22.4 Å². The van der Waals surface area contributed by atoms with Crippen molar-refractivity contribution in [2.45, 2.75) is 33.4 Å². The van der Waals surface area contributed by atoms with Crippen LogP contribution in [0.2, 0.25) is 0 Å². The number of ether oxygens (including phenoxy) is 1. The molecule has 0 unspecified atom stereocenters. The van der Waals surface area contributed by atoms with Crippen LogP contribution >= 0.6 is 0 Å². The van der Waals surface area contributed by atoms with Crippen LogP contribution in [0.1, 0.15) is 35.5 Å². The molecule has 2 rings (SSSR count). The standard InChI is InChI=1S/C15H21N3O2/c1-9(13-7-12(20-4)5-6-15(13)19)16-8-14-10(2)17-18-11(14)3/h5-7,9,16,19H,8H2,1-4H3,(H,17,18)/t9-/m1/s1. The Kier molecular flexibility index (Phi) is 4.29. The molecule has 0 bridgehead atoms. The van der Waals surface area contributed by atoms with Crippen LogP contribution in [0.25, 0.3) is 0 Å². The Morgan fingerprint density at radius 2 is 2.15 bits per heavy atom. The van der Waals surface area contributed by atoms with E-state index in [1.165, 1.54) is 5.56 Å². The minimum absolute atomic E-state index is 0.0128. The first-order valence-corrected chi connectivity index (χ1v) is 6.63. The second-order valence-corrected chi connectivity index (χ2v) is 4.94. The molecule has 0 radical (unpaired) electrons. The van der Waals surface area contributed by atoms with Crippen molar-refractivity contribution in [3.05, 3.63) is 40.7 Å². The van der Waals surface area contributed by atoms with E-state index >= 15 is 0 Å². The zero-order valence-electron chi connectivity index (χ0n) is 12.3. The Hall–Kier alpha value is -2.01. The molecule has 2 aromatic rings. The van der Waals surface area contributed by atoms with Gasteiger partial charge in [0, 0.05) is 29.4 Å². The topological polar surface area (TPSA) is 70.2 Å². The Labute approximate surface area is 119 Å². The molecule has 0 saturated carbocycles. The zero-order chi connectivity index (χ0) is 14.7. The van der Waals surface area contributed by atoms with E-state index < -0.39 is 0 Å². The lowest BCUT2D eigenvalue weighted by atomic mass is 10.1. The van der Waals surface area contributed by atoms with E-state index in [-0.39, 0.29) is 11.8 Å². The van der Waals surface area contributed by atoms with Gasteiger partial charge in [0.2, 0.25) is 0 Å². The van der Waals surface area contributed by atoms with E-state index in [4.69, 9.17) is 4.74 Å². The maximum absolute atomic E-state index is 9.95. The highest BCUT2D eigenvalue weighted by Crippen LogP contribution is 2.28. The number of phenols is 1. The van der Waals surface area contributed by atoms with E-state index in [0.29, 0.717) is 6.54 Å². The van der Waals surface area contributed by atoms with E-state index in [1.807, 2.05) is 26.8 Å². The molecule has 1 atom stereocenters. The fourth-order valence-corrected chi connectivity index (χ4v) is 2.21. The second kappa shape index (κ2) is 5.96. The molecule has 0 aliphatic rings. The molecule has 0 fully saturated rings. The average Bonchev–Trinajstić information content (AvgIpc) is 2.76. The van der Waals surface area contributed by atoms with Gasteiger partial charge in [-0.3, -0.25) is 5.10 Å². The summed E-state index contributed by atoms with van der Waals surface area (Å²) in [7, 11) is 1.62. The summed E-state index contributed by atoms with van der Waals surface area (Å²) < 4.78 is 5.19. The maximum Gasteiger partial charge on any atom is 0.120 e. The van der Waals surface area contributed by atoms with Crippen molar-refractivity contribution in [1.29, 1.82) is 0 Å². The third-order valence-corrected chi connectivity index (χ3v) is 3.57. The first-order chi connectivity index (χ1) is 9.52. The number of nitrogens with zero attached hydrogens (tertiary/aromatic N) is 1. The maximum atomic E-state index is 9.95. The highest BCUT2D eigenvalue weighted by atomic mass is 16.5. The largest absolute Gasteiger partial charge is 0.508 e. The fraction of sp³-hybridized carbons (Fsp3) is 0.400. The van der Waals surface area contributed by atoms with Crippen LogP contribution in [0.5, 0.6) is 11.5 Å². The first-order valence-electron chi connectivity index (χ1n) is 6.63. The monoisotopic (exact) mass is 275 g/mol. The molecule has 1 aromatic heterocycles. The van der Waals surface area contributed by atoms with Crippen LogP contribution in [0.4, 0.5) is 0 Å². The van der Waals surface area contributed by atoms with Gasteiger partial charge in [0.05, 0.1) is 12.8 Å². The van der Waals surface area contributed by atoms with Crippen LogP contribution in [-0.2, 0) is 6.54 Å². The molecule has 0 aliphatic heterocycles. The van der Waals surface area contributed by atoms with Gasteiger partial charge < -0.3 is 15.2 Å². The highest BCUT2D eigenvalue weighted by Gasteiger charge is 2.13. The van der Waals surface area contributed by atoms with E-state index in [1.54, 1.807) is 19.2 Å². The number of aromatic nitrogens is 2. The van der Waals surface area contributed by atoms with Crippen LogP contribution in [0, 0.1) is 13.8 Å². The lowest BCUT2D eigenvalue weighted by molar-refractivity contribution is 0.407. The predicted molar refractivity (Wildman–Crippen MR) is 78.0 cm³/mol. The smallest absolute Gasteiger partial charge is 0.120 e. The molecule has 20 heavy (non-hydrogen) atoms. The lowest BCUT2D eigenvalue weighted by Crippen LogP contribution is -2.19. The highest BCUT2D eigenvalue weighted by molar-refractivity contribution is 5.41. The molecule has 1 aromatic carbocycles. The van der Waals surface area contributed by atoms with Gasteiger partial charge in [0.1, 0.15) is 11.5 Å². The zero-order valence-corrected chi connectivity index (χ0v) is 12.3. The van der Waals surface area contributed by atoms with Crippen molar-refractivity contribution in [3.8, 4) is 11.5 Å². The molecule has 0 amide bonds. The molecular formula is C15H21N3O2. The number of nitrogens with one attached hydrogen (secondary N) is 2. The van der Waals surface area contributed by atoms with Gasteiger partial charge in [-0.25, -0.2) is 0 Å². The lowest BCUT2D eigenvalue weighted by Gasteiger charge is -2.16. The molecule has 1 heterocycles. The van der Waals surface area contributed by atoms with Gasteiger partial charge in [0.15, 0.2) is 0 Å². The van der Waals surface area contributed by atoms with Gasteiger partial charge in [-0.2, -0.15) is 5.10 Å². The number of aryl methyl sites for hydroxylation is 2. The van der Waals surface area contributed by atoms with Gasteiger partial charge >= 0.3 is 0 Å². The third kappa shape index (κ3) is 2.93. The summed E-state index contributed by atoms with van der Waals surface area (Å²) in [6.45, 7) is 6.70. The van der Waals surface area contributed by atoms with Gasteiger partial charge in [0.25, 0.3) is 0 Å². The minimum atomic E-state index is 0.0128. The molecule has 108 valence electrons. The Bertz CT molecular complexity index is 573. The number of hydrogen-bond acceptors (Lipinski definition) is 4. The summed E-state index contributed by atoms with van der Waals surface area (Å²) in [5.74, 6) is 1.01. The summed E-state index contributed by atoms with van der Waals surface area (Å²) >= 11 is 0. The Morgan fingerprint density at radius 3 is 2.75 bits per heavy atom. The van der Waals surface area contributed by atoms with Crippen molar-refractivity contribution in [2.24, 2.45) is 0 Å². The predicted octanol–water partition coefficient (Wildman–Crippen LogP) is 2.59. The number of aromatic amines is 1. The first kappa shape index (κ1) is 14.4. The van der Waals surface area contributed by atoms with Crippen molar-refractivity contribution in [1.82, 2.24) is 15.5 Å². The normalized spacial score (nSPS) is 12.4. The molecular weight excluding hydrogens is 254 g/mol. The van der Waals surface area contributed by atoms with Crippen molar-refractivity contribution < 1.29 is 9.84 Å². The SMILES string of the molecule is COc1ccc(O)c([C@@H](C)NCc2c(C)n[nH]c2C)c1. The summed E-state index contributed by atoms with van der Waals surface area (Å²) in [5, 5.41) is 20.5. The van der Waals surface area contributed by atoms with Crippen LogP contribution in [0.15, 0.2) is 18.2 Å². The number of aromatic hydroxyl groups is 1. The number of H-pyrrole nitrogens is 1. The third-order valence-electron chi connectivity index (χ3n) is 3.57.